The minimum atomic E-state index is -1.23. The van der Waals surface area contributed by atoms with Crippen LogP contribution in [-0.2, 0) is 30.4 Å². The number of aromatic amines is 2. The zero-order valence-corrected chi connectivity index (χ0v) is 38.1. The van der Waals surface area contributed by atoms with Gasteiger partial charge in [0.2, 0.25) is 11.8 Å². The first-order valence-corrected chi connectivity index (χ1v) is 22.6. The lowest BCUT2D eigenvalue weighted by molar-refractivity contribution is -0.136. The molecular formula is C48H60N8O9. The van der Waals surface area contributed by atoms with Crippen molar-refractivity contribution in [3.05, 3.63) is 65.9 Å². The Morgan fingerprint density at radius 2 is 1.48 bits per heavy atom. The summed E-state index contributed by atoms with van der Waals surface area (Å²) < 4.78 is 22.3. The first kappa shape index (κ1) is 45.4. The van der Waals surface area contributed by atoms with Crippen LogP contribution < -0.4 is 15.4 Å². The van der Waals surface area contributed by atoms with E-state index < -0.39 is 24.3 Å². The van der Waals surface area contributed by atoms with Crippen molar-refractivity contribution in [3.63, 3.8) is 0 Å². The Balaban J connectivity index is 1.06. The Kier molecular flexibility index (Phi) is 13.3. The molecular weight excluding hydrogens is 833 g/mol. The van der Waals surface area contributed by atoms with Gasteiger partial charge in [0.05, 0.1) is 55.3 Å². The number of carbonyl (C=O) groups excluding carboxylic acids is 3. The van der Waals surface area contributed by atoms with Crippen molar-refractivity contribution in [2.24, 2.45) is 23.7 Å². The summed E-state index contributed by atoms with van der Waals surface area (Å²) in [6, 6.07) is 12.2. The van der Waals surface area contributed by atoms with Crippen molar-refractivity contribution < 1.29 is 43.2 Å². The van der Waals surface area contributed by atoms with Crippen LogP contribution >= 0.6 is 0 Å². The highest BCUT2D eigenvalue weighted by Crippen LogP contribution is 2.44. The molecule has 8 rings (SSSR count). The molecule has 17 nitrogen and oxygen atoms in total. The molecule has 5 N–H and O–H groups in total. The number of imidazole rings is 2. The number of rotatable bonds is 15. The van der Waals surface area contributed by atoms with Crippen LogP contribution in [0.5, 0.6) is 5.75 Å². The number of aromatic nitrogens is 4. The van der Waals surface area contributed by atoms with Crippen molar-refractivity contribution >= 4 is 45.8 Å². The summed E-state index contributed by atoms with van der Waals surface area (Å²) in [6.07, 6.45) is 2.51. The molecule has 3 aliphatic heterocycles. The highest BCUT2D eigenvalue weighted by Gasteiger charge is 2.43. The highest BCUT2D eigenvalue weighted by molar-refractivity contribution is 6.07. The summed E-state index contributed by atoms with van der Waals surface area (Å²) in [4.78, 5) is 72.8. The number of benzene rings is 3. The van der Waals surface area contributed by atoms with Gasteiger partial charge in [-0.15, -0.1) is 0 Å². The van der Waals surface area contributed by atoms with Crippen molar-refractivity contribution in [3.8, 4) is 28.1 Å². The van der Waals surface area contributed by atoms with E-state index in [0.29, 0.717) is 70.2 Å². The maximum atomic E-state index is 14.2. The quantitative estimate of drug-likeness (QED) is 0.0710. The van der Waals surface area contributed by atoms with E-state index in [9.17, 15) is 24.3 Å². The fraction of sp³-hybridized carbons (Fsp3) is 0.500. The molecule has 8 atom stereocenters. The van der Waals surface area contributed by atoms with E-state index in [1.807, 2.05) is 44.7 Å². The van der Waals surface area contributed by atoms with Gasteiger partial charge < -0.3 is 54.5 Å². The standard InChI is InChI=1S/C48H60N8O9/c1-8-25(3)40(53-47(59)60)45(57)55-20-27(22-62-5)14-37(55)43-49-19-36(51-43)30-10-12-32-31(16-30)24-65-39-18-33-29(17-34(32)39)11-13-35-42(33)52-44(50-35)38-15-28(23-63-6)21-56(38)46(58)41(26(4)9-2)54-48(61)64-7/h10-13,16-19,25-28,37-38,40-41,53H,8-9,14-15,20-24H2,1-7H3,(H,49,51)(H,50,52)(H,54,61)(H,59,60)/t25-,26-,27-,28-,37-,38-,40-,41-/m0/s1. The van der Waals surface area contributed by atoms with E-state index in [-0.39, 0.29) is 47.6 Å². The van der Waals surface area contributed by atoms with Gasteiger partial charge >= 0.3 is 12.2 Å². The van der Waals surface area contributed by atoms with Gasteiger partial charge in [-0.1, -0.05) is 58.7 Å². The van der Waals surface area contributed by atoms with E-state index >= 15 is 0 Å². The zero-order valence-electron chi connectivity index (χ0n) is 38.1. The minimum Gasteiger partial charge on any atom is -0.488 e. The van der Waals surface area contributed by atoms with Crippen LogP contribution in [0.3, 0.4) is 0 Å². The SMILES string of the molecule is CC[C@H](C)[C@H](NC(=O)O)C(=O)N1C[C@@H](COC)C[C@H]1c1ncc(-c2ccc3c(c2)COc2cc4c(ccc5[nH]c([C@@H]6C[C@H](COC)CN6C(=O)[C@@H](NC(=O)OC)[C@@H](C)CC)nc54)cc2-3)[nH]1. The third-order valence-electron chi connectivity index (χ3n) is 13.7. The number of ether oxygens (including phenoxy) is 4. The predicted molar refractivity (Wildman–Crippen MR) is 243 cm³/mol. The van der Waals surface area contributed by atoms with Gasteiger partial charge in [-0.05, 0) is 71.0 Å². The molecule has 0 aliphatic carbocycles. The maximum Gasteiger partial charge on any atom is 0.407 e. The average molecular weight is 893 g/mol. The van der Waals surface area contributed by atoms with E-state index in [4.69, 9.17) is 28.9 Å². The number of likely N-dealkylation sites (tertiary alicyclic amines) is 2. The first-order valence-electron chi connectivity index (χ1n) is 22.6. The average Bonchev–Trinajstić information content (AvgIpc) is 4.14. The third kappa shape index (κ3) is 8.95. The van der Waals surface area contributed by atoms with Crippen molar-refractivity contribution in [2.45, 2.75) is 84.2 Å². The lowest BCUT2D eigenvalue weighted by atomic mass is 9.92. The summed E-state index contributed by atoms with van der Waals surface area (Å²) in [6.45, 7) is 9.97. The lowest BCUT2D eigenvalue weighted by Gasteiger charge is -2.30. The first-order chi connectivity index (χ1) is 31.3. The fourth-order valence-electron chi connectivity index (χ4n) is 9.89. The number of carboxylic acid groups (broad SMARTS) is 1. The molecule has 0 saturated carbocycles. The molecule has 2 fully saturated rings. The Morgan fingerprint density at radius 3 is 2.09 bits per heavy atom. The van der Waals surface area contributed by atoms with Crippen molar-refractivity contribution in [2.75, 3.05) is 47.6 Å². The molecule has 2 saturated heterocycles. The second-order valence-electron chi connectivity index (χ2n) is 17.9. The minimum absolute atomic E-state index is 0.0703. The summed E-state index contributed by atoms with van der Waals surface area (Å²) in [5, 5.41) is 16.7. The van der Waals surface area contributed by atoms with E-state index in [0.717, 1.165) is 55.5 Å². The van der Waals surface area contributed by atoms with Crippen LogP contribution in [0.4, 0.5) is 9.59 Å². The van der Waals surface area contributed by atoms with E-state index in [1.54, 1.807) is 25.3 Å². The summed E-state index contributed by atoms with van der Waals surface area (Å²) >= 11 is 0. The Morgan fingerprint density at radius 1 is 0.831 bits per heavy atom. The number of H-pyrrole nitrogens is 2. The molecule has 0 unspecified atom stereocenters. The van der Waals surface area contributed by atoms with Gasteiger partial charge in [-0.2, -0.15) is 0 Å². The predicted octanol–water partition coefficient (Wildman–Crippen LogP) is 7.19. The molecule has 5 aromatic rings. The number of nitrogens with one attached hydrogen (secondary N) is 4. The number of alkyl carbamates (subject to hydrolysis) is 1. The molecule has 0 bridgehead atoms. The Hall–Kier alpha value is -6.20. The molecule has 0 radical (unpaired) electrons. The molecule has 65 heavy (non-hydrogen) atoms. The number of amides is 4. The number of hydrogen-bond donors (Lipinski definition) is 5. The lowest BCUT2D eigenvalue weighted by Crippen LogP contribution is -2.51. The Labute approximate surface area is 377 Å². The van der Waals surface area contributed by atoms with Gasteiger partial charge in [-0.3, -0.25) is 9.59 Å². The topological polar surface area (TPSA) is 213 Å². The number of hydrogen-bond acceptors (Lipinski definition) is 10. The van der Waals surface area contributed by atoms with Gasteiger partial charge in [0.15, 0.2) is 0 Å². The molecule has 3 aliphatic rings. The van der Waals surface area contributed by atoms with Gasteiger partial charge in [-0.25, -0.2) is 19.6 Å². The number of methoxy groups -OCH3 is 3. The second kappa shape index (κ2) is 19.1. The maximum absolute atomic E-state index is 14.2. The summed E-state index contributed by atoms with van der Waals surface area (Å²) in [5.41, 5.74) is 6.35. The van der Waals surface area contributed by atoms with Gasteiger partial charge in [0.1, 0.15) is 36.1 Å². The van der Waals surface area contributed by atoms with Crippen LogP contribution in [0, 0.1) is 23.7 Å². The molecule has 4 amide bonds. The number of nitrogens with zero attached hydrogens (tertiary/aromatic N) is 4. The molecule has 2 aromatic heterocycles. The zero-order chi connectivity index (χ0) is 46.1. The normalized spacial score (nSPS) is 21.0. The van der Waals surface area contributed by atoms with Crippen LogP contribution in [0.2, 0.25) is 0 Å². The molecule has 3 aromatic carbocycles. The third-order valence-corrected chi connectivity index (χ3v) is 13.7. The Bertz CT molecular complexity index is 2570. The summed E-state index contributed by atoms with van der Waals surface area (Å²) in [5.74, 6) is 1.45. The monoisotopic (exact) mass is 892 g/mol. The molecule has 346 valence electrons. The van der Waals surface area contributed by atoms with Crippen molar-refractivity contribution in [1.29, 1.82) is 0 Å². The van der Waals surface area contributed by atoms with Crippen molar-refractivity contribution in [1.82, 2.24) is 40.4 Å². The van der Waals surface area contributed by atoms with Crippen LogP contribution in [-0.4, -0.2) is 119 Å². The van der Waals surface area contributed by atoms with Gasteiger partial charge in [0.25, 0.3) is 0 Å². The second-order valence-corrected chi connectivity index (χ2v) is 17.9. The van der Waals surface area contributed by atoms with E-state index in [2.05, 4.69) is 50.9 Å². The van der Waals surface area contributed by atoms with Crippen LogP contribution in [0.1, 0.15) is 82.7 Å². The summed E-state index contributed by atoms with van der Waals surface area (Å²) in [7, 11) is 4.59. The largest absolute Gasteiger partial charge is 0.488 e. The van der Waals surface area contributed by atoms with Gasteiger partial charge in [0, 0.05) is 50.1 Å². The van der Waals surface area contributed by atoms with Crippen LogP contribution in [0.25, 0.3) is 44.2 Å². The smallest absolute Gasteiger partial charge is 0.407 e. The number of carbonyl (C=O) groups is 4. The molecule has 5 heterocycles. The molecule has 0 spiro atoms. The van der Waals surface area contributed by atoms with E-state index in [1.165, 1.54) is 7.11 Å². The van der Waals surface area contributed by atoms with Crippen LogP contribution in [0.15, 0.2) is 48.7 Å². The number of fused-ring (bicyclic) bond motifs is 6. The highest BCUT2D eigenvalue weighted by atomic mass is 16.5. The fourth-order valence-corrected chi connectivity index (χ4v) is 9.89. The molecule has 17 heteroatoms.